The number of alkyl halides is 2. The minimum atomic E-state index is -4.12. The van der Waals surface area contributed by atoms with Crippen molar-refractivity contribution in [2.75, 3.05) is 13.3 Å². The van der Waals surface area contributed by atoms with Gasteiger partial charge in [0.2, 0.25) is 10.0 Å². The van der Waals surface area contributed by atoms with E-state index in [1.165, 1.54) is 30.7 Å². The van der Waals surface area contributed by atoms with Gasteiger partial charge >= 0.3 is 0 Å². The molecule has 1 aromatic carbocycles. The second kappa shape index (κ2) is 9.08. The van der Waals surface area contributed by atoms with Gasteiger partial charge in [-0.3, -0.25) is 4.98 Å². The highest BCUT2D eigenvalue weighted by Gasteiger charge is 2.30. The van der Waals surface area contributed by atoms with Gasteiger partial charge in [-0.15, -0.1) is 0 Å². The minimum Gasteiger partial charge on any atom is -0.335 e. The Morgan fingerprint density at radius 1 is 1.12 bits per heavy atom. The molecule has 2 aromatic heterocycles. The van der Waals surface area contributed by atoms with Crippen LogP contribution in [0.3, 0.4) is 0 Å². The van der Waals surface area contributed by atoms with Crippen LogP contribution in [-0.4, -0.2) is 37.4 Å². The second-order valence-corrected chi connectivity index (χ2v) is 10.9. The van der Waals surface area contributed by atoms with E-state index in [0.717, 1.165) is 36.6 Å². The molecule has 5 rings (SSSR count). The summed E-state index contributed by atoms with van der Waals surface area (Å²) < 4.78 is 54.9. The Morgan fingerprint density at radius 2 is 1.85 bits per heavy atom. The highest BCUT2D eigenvalue weighted by atomic mass is 32.2. The number of hydrogen-bond acceptors (Lipinski definition) is 4. The van der Waals surface area contributed by atoms with Gasteiger partial charge in [0.15, 0.2) is 0 Å². The van der Waals surface area contributed by atoms with Crippen molar-refractivity contribution in [3.63, 3.8) is 0 Å². The maximum Gasteiger partial charge on any atom is 0.242 e. The fourth-order valence-corrected chi connectivity index (χ4v) is 6.12. The van der Waals surface area contributed by atoms with Gasteiger partial charge < -0.3 is 4.57 Å². The number of nitrogens with zero attached hydrogens (tertiary/aromatic N) is 3. The number of pyridine rings is 1. The largest absolute Gasteiger partial charge is 0.335 e. The van der Waals surface area contributed by atoms with Crippen LogP contribution in [-0.2, 0) is 10.0 Å². The Labute approximate surface area is 197 Å². The molecule has 1 N–H and O–H groups in total. The molecule has 2 fully saturated rings. The van der Waals surface area contributed by atoms with Gasteiger partial charge in [-0.1, -0.05) is 25.0 Å². The number of rotatable bonds is 8. The van der Waals surface area contributed by atoms with Crippen molar-refractivity contribution in [2.24, 2.45) is 0 Å². The van der Waals surface area contributed by atoms with Crippen molar-refractivity contribution >= 4 is 20.9 Å². The van der Waals surface area contributed by atoms with E-state index in [1.807, 2.05) is 10.8 Å². The maximum absolute atomic E-state index is 12.8. The summed E-state index contributed by atoms with van der Waals surface area (Å²) >= 11 is 0. The fraction of sp³-hybridized carbons (Fsp3) is 0.440. The first-order chi connectivity index (χ1) is 16.5. The summed E-state index contributed by atoms with van der Waals surface area (Å²) in [6.45, 7) is -2.28. The number of nitriles is 1. The molecule has 3 aromatic rings. The molecular weight excluding hydrogens is 458 g/mol. The average molecular weight is 485 g/mol. The zero-order valence-corrected chi connectivity index (χ0v) is 19.5. The average Bonchev–Trinajstić information content (AvgIpc) is 3.46. The zero-order chi connectivity index (χ0) is 23.9. The van der Waals surface area contributed by atoms with E-state index < -0.39 is 29.4 Å². The van der Waals surface area contributed by atoms with Crippen LogP contribution < -0.4 is 4.72 Å². The third-order valence-electron chi connectivity index (χ3n) is 6.86. The molecule has 0 atom stereocenters. The molecular formula is C25H26F2N4O2S. The first kappa shape index (κ1) is 22.9. The van der Waals surface area contributed by atoms with E-state index in [9.17, 15) is 22.5 Å². The summed E-state index contributed by atoms with van der Waals surface area (Å²) in [6, 6.07) is 10.4. The normalized spacial score (nSPS) is 17.0. The third-order valence-corrected chi connectivity index (χ3v) is 8.37. The Morgan fingerprint density at radius 3 is 2.44 bits per heavy atom. The Bertz CT molecular complexity index is 1350. The molecule has 9 heteroatoms. The highest BCUT2D eigenvalue weighted by molar-refractivity contribution is 7.89. The molecule has 0 aliphatic heterocycles. The fourth-order valence-electron chi connectivity index (χ4n) is 4.98. The van der Waals surface area contributed by atoms with E-state index in [2.05, 4.69) is 27.8 Å². The summed E-state index contributed by atoms with van der Waals surface area (Å²) in [7, 11) is -4.12. The molecule has 0 amide bonds. The van der Waals surface area contributed by atoms with Crippen LogP contribution in [0, 0.1) is 11.3 Å². The molecule has 34 heavy (non-hydrogen) atoms. The molecule has 6 nitrogen and oxygen atoms in total. The zero-order valence-electron chi connectivity index (χ0n) is 18.7. The van der Waals surface area contributed by atoms with Gasteiger partial charge in [0, 0.05) is 17.6 Å². The lowest BCUT2D eigenvalue weighted by Gasteiger charge is -2.18. The number of aromatic nitrogens is 2. The lowest BCUT2D eigenvalue weighted by Crippen LogP contribution is -2.37. The highest BCUT2D eigenvalue weighted by Crippen LogP contribution is 2.45. The quantitative estimate of drug-likeness (QED) is 0.479. The Kier molecular flexibility index (Phi) is 6.13. The standard InChI is InChI=1S/C25H26F2N4O2S/c26-12-18(13-27)30-34(32,33)20-8-10-23(29-15-20)25-22(14-28)21-9-7-17(16-5-6-16)11-24(21)31(25)19-3-1-2-4-19/h7-11,15-16,18-19,30H,1-6,12-13H2. The van der Waals surface area contributed by atoms with E-state index in [1.54, 1.807) is 6.07 Å². The number of hydrogen-bond donors (Lipinski definition) is 1. The van der Waals surface area contributed by atoms with Crippen LogP contribution in [0.4, 0.5) is 8.78 Å². The van der Waals surface area contributed by atoms with Crippen molar-refractivity contribution < 1.29 is 17.2 Å². The van der Waals surface area contributed by atoms with Gasteiger partial charge in [0.25, 0.3) is 0 Å². The summed E-state index contributed by atoms with van der Waals surface area (Å²) in [5.74, 6) is 0.581. The summed E-state index contributed by atoms with van der Waals surface area (Å²) in [6.07, 6.45) is 7.82. The third kappa shape index (κ3) is 4.10. The molecule has 2 heterocycles. The predicted molar refractivity (Wildman–Crippen MR) is 125 cm³/mol. The molecule has 0 bridgehead atoms. The van der Waals surface area contributed by atoms with Crippen LogP contribution in [0.25, 0.3) is 22.3 Å². The lowest BCUT2D eigenvalue weighted by atomic mass is 10.1. The van der Waals surface area contributed by atoms with Crippen molar-refractivity contribution in [2.45, 2.75) is 61.4 Å². The van der Waals surface area contributed by atoms with Crippen molar-refractivity contribution in [3.8, 4) is 17.5 Å². The summed E-state index contributed by atoms with van der Waals surface area (Å²) in [5.41, 5.74) is 4.03. The molecule has 178 valence electrons. The van der Waals surface area contributed by atoms with Crippen molar-refractivity contribution in [1.29, 1.82) is 5.26 Å². The molecule has 0 saturated heterocycles. The van der Waals surface area contributed by atoms with E-state index in [-0.39, 0.29) is 10.9 Å². The monoisotopic (exact) mass is 484 g/mol. The minimum absolute atomic E-state index is 0.179. The second-order valence-electron chi connectivity index (χ2n) is 9.20. The predicted octanol–water partition coefficient (Wildman–Crippen LogP) is 5.15. The first-order valence-corrected chi connectivity index (χ1v) is 13.1. The van der Waals surface area contributed by atoms with Gasteiger partial charge in [0.1, 0.15) is 24.3 Å². The lowest BCUT2D eigenvalue weighted by molar-refractivity contribution is 0.334. The summed E-state index contributed by atoms with van der Waals surface area (Å²) in [5, 5.41) is 11.0. The number of halogens is 2. The van der Waals surface area contributed by atoms with Crippen molar-refractivity contribution in [3.05, 3.63) is 47.7 Å². The Balaban J connectivity index is 1.62. The topological polar surface area (TPSA) is 87.8 Å². The molecule has 0 spiro atoms. The van der Waals surface area contributed by atoms with E-state index in [0.29, 0.717) is 22.9 Å². The molecule has 0 unspecified atom stereocenters. The van der Waals surface area contributed by atoms with Gasteiger partial charge in [-0.25, -0.2) is 21.9 Å². The van der Waals surface area contributed by atoms with Gasteiger partial charge in [0.05, 0.1) is 28.5 Å². The first-order valence-electron chi connectivity index (χ1n) is 11.7. The number of benzene rings is 1. The van der Waals surface area contributed by atoms with E-state index in [4.69, 9.17) is 0 Å². The maximum atomic E-state index is 12.8. The summed E-state index contributed by atoms with van der Waals surface area (Å²) in [4.78, 5) is 4.22. The molecule has 2 saturated carbocycles. The van der Waals surface area contributed by atoms with E-state index >= 15 is 0 Å². The number of fused-ring (bicyclic) bond motifs is 1. The number of sulfonamides is 1. The molecule has 2 aliphatic rings. The van der Waals surface area contributed by atoms with Gasteiger partial charge in [-0.2, -0.15) is 5.26 Å². The van der Waals surface area contributed by atoms with Gasteiger partial charge in [-0.05, 0) is 55.4 Å². The van der Waals surface area contributed by atoms with Crippen LogP contribution in [0.15, 0.2) is 41.4 Å². The molecule has 0 radical (unpaired) electrons. The molecule has 2 aliphatic carbocycles. The van der Waals surface area contributed by atoms with Crippen LogP contribution >= 0.6 is 0 Å². The Hall–Kier alpha value is -2.83. The van der Waals surface area contributed by atoms with Crippen LogP contribution in [0.1, 0.15) is 61.6 Å². The van der Waals surface area contributed by atoms with Crippen LogP contribution in [0.2, 0.25) is 0 Å². The van der Waals surface area contributed by atoms with Crippen LogP contribution in [0.5, 0.6) is 0 Å². The smallest absolute Gasteiger partial charge is 0.242 e. The SMILES string of the molecule is N#Cc1c(-c2ccc(S(=O)(=O)NC(CF)CF)cn2)n(C2CCCC2)c2cc(C3CC3)ccc12. The van der Waals surface area contributed by atoms with Crippen molar-refractivity contribution in [1.82, 2.24) is 14.3 Å². The number of nitrogens with one attached hydrogen (secondary N) is 1.